The molecule has 0 aliphatic carbocycles. The molecule has 1 aliphatic rings. The summed E-state index contributed by atoms with van der Waals surface area (Å²) in [6.07, 6.45) is 1.53. The van der Waals surface area contributed by atoms with E-state index in [9.17, 15) is 18.3 Å². The first kappa shape index (κ1) is 16.3. The van der Waals surface area contributed by atoms with E-state index in [2.05, 4.69) is 9.71 Å². The topological polar surface area (TPSA) is 106 Å². The number of aromatic nitrogens is 1. The molecular weight excluding hydrogens is 332 g/mol. The van der Waals surface area contributed by atoms with Gasteiger partial charge < -0.3 is 9.84 Å². The number of Topliss-reactive ketones (excluding diaryl/α,β-unsaturated/α-hetero) is 1. The fourth-order valence-corrected chi connectivity index (χ4v) is 3.16. The molecule has 0 spiro atoms. The Morgan fingerprint density at radius 1 is 1.29 bits per heavy atom. The molecule has 2 heterocycles. The zero-order valence-electron chi connectivity index (χ0n) is 13.1. The molecule has 1 aromatic heterocycles. The largest absolute Gasteiger partial charge is 0.501 e. The molecule has 0 radical (unpaired) electrons. The van der Waals surface area contributed by atoms with E-state index in [1.165, 1.54) is 20.0 Å². The highest BCUT2D eigenvalue weighted by Gasteiger charge is 2.49. The van der Waals surface area contributed by atoms with Gasteiger partial charge in [-0.3, -0.25) is 14.5 Å². The third-order valence-corrected chi connectivity index (χ3v) is 5.22. The molecule has 2 N–H and O–H groups in total. The van der Waals surface area contributed by atoms with E-state index in [4.69, 9.17) is 4.74 Å². The van der Waals surface area contributed by atoms with Crippen LogP contribution in [0.15, 0.2) is 48.2 Å². The fraction of sp³-hybridized carbons (Fsp3) is 0.250. The normalized spacial score (nSPS) is 21.2. The van der Waals surface area contributed by atoms with Crippen molar-refractivity contribution in [3.05, 3.63) is 53.7 Å². The van der Waals surface area contributed by atoms with E-state index in [1.54, 1.807) is 24.3 Å². The number of ketones is 1. The highest BCUT2D eigenvalue weighted by Crippen LogP contribution is 2.39. The molecule has 2 aromatic rings. The van der Waals surface area contributed by atoms with Gasteiger partial charge in [-0.05, 0) is 26.0 Å². The lowest BCUT2D eigenvalue weighted by molar-refractivity contribution is -0.131. The van der Waals surface area contributed by atoms with Gasteiger partial charge in [-0.2, -0.15) is 0 Å². The van der Waals surface area contributed by atoms with Crippen molar-refractivity contribution < 1.29 is 23.1 Å². The van der Waals surface area contributed by atoms with Gasteiger partial charge in [0.1, 0.15) is 0 Å². The Balaban J connectivity index is 2.08. The molecule has 8 heteroatoms. The Bertz CT molecular complexity index is 962. The van der Waals surface area contributed by atoms with E-state index in [1.807, 2.05) is 6.07 Å². The third kappa shape index (κ3) is 2.48. The van der Waals surface area contributed by atoms with Crippen LogP contribution in [0.2, 0.25) is 0 Å². The van der Waals surface area contributed by atoms with Crippen molar-refractivity contribution in [2.24, 2.45) is 0 Å². The smallest absolute Gasteiger partial charge is 0.250 e. The summed E-state index contributed by atoms with van der Waals surface area (Å²) in [5, 5.41) is 10.7. The monoisotopic (exact) mass is 348 g/mol. The number of hydrogen-bond donors (Lipinski definition) is 2. The summed E-state index contributed by atoms with van der Waals surface area (Å²) in [6.45, 7) is 2.92. The van der Waals surface area contributed by atoms with Crippen LogP contribution in [0.4, 0.5) is 0 Å². The quantitative estimate of drug-likeness (QED) is 0.871. The number of rotatable bonds is 4. The maximum absolute atomic E-state index is 12.6. The summed E-state index contributed by atoms with van der Waals surface area (Å²) >= 11 is 0. The van der Waals surface area contributed by atoms with E-state index < -0.39 is 33.0 Å². The Morgan fingerprint density at radius 2 is 2.00 bits per heavy atom. The Kier molecular flexibility index (Phi) is 3.71. The van der Waals surface area contributed by atoms with Crippen LogP contribution in [0.5, 0.6) is 0 Å². The van der Waals surface area contributed by atoms with Gasteiger partial charge in [0.05, 0.1) is 11.3 Å². The second-order valence-corrected chi connectivity index (χ2v) is 7.53. The van der Waals surface area contributed by atoms with E-state index in [-0.39, 0.29) is 5.75 Å². The molecule has 1 aliphatic heterocycles. The number of benzene rings is 1. The fourth-order valence-electron chi connectivity index (χ4n) is 2.60. The van der Waals surface area contributed by atoms with Gasteiger partial charge in [-0.15, -0.1) is 0 Å². The van der Waals surface area contributed by atoms with Crippen molar-refractivity contribution in [3.8, 4) is 0 Å². The highest BCUT2D eigenvalue weighted by molar-refractivity contribution is 7.89. The second kappa shape index (κ2) is 5.48. The van der Waals surface area contributed by atoms with Gasteiger partial charge in [-0.25, -0.2) is 8.42 Å². The van der Waals surface area contributed by atoms with Crippen LogP contribution in [0.3, 0.4) is 0 Å². The zero-order chi connectivity index (χ0) is 17.5. The minimum Gasteiger partial charge on any atom is -0.501 e. The molecule has 1 aromatic carbocycles. The summed E-state index contributed by atoms with van der Waals surface area (Å²) in [4.78, 5) is 16.8. The summed E-state index contributed by atoms with van der Waals surface area (Å²) in [5.74, 6) is -2.12. The Morgan fingerprint density at radius 3 is 2.71 bits per heavy atom. The number of nitrogens with zero attached hydrogens (tertiary/aromatic N) is 1. The lowest BCUT2D eigenvalue weighted by Crippen LogP contribution is -2.32. The van der Waals surface area contributed by atoms with Crippen LogP contribution in [0, 0.1) is 0 Å². The van der Waals surface area contributed by atoms with Gasteiger partial charge >= 0.3 is 0 Å². The molecule has 1 atom stereocenters. The molecule has 0 fully saturated rings. The van der Waals surface area contributed by atoms with Crippen LogP contribution >= 0.6 is 0 Å². The Hall–Kier alpha value is -2.61. The highest BCUT2D eigenvalue weighted by atomic mass is 32.2. The predicted molar refractivity (Wildman–Crippen MR) is 87.4 cm³/mol. The molecule has 126 valence electrons. The van der Waals surface area contributed by atoms with Gasteiger partial charge in [0, 0.05) is 17.1 Å². The van der Waals surface area contributed by atoms with E-state index >= 15 is 0 Å². The van der Waals surface area contributed by atoms with Crippen LogP contribution in [0.1, 0.15) is 19.4 Å². The standard InChI is InChI=1S/C16H16N2O5S/c1-3-24(21,22)18-15-13(19)14(20)16(2,23-15)11-8-9-17-12-7-5-4-6-10(11)12/h4-9,18-19H,3H2,1-2H3. The number of para-hydroxylation sites is 1. The predicted octanol–water partition coefficient (Wildman–Crippen LogP) is 1.72. The first-order valence-corrected chi connectivity index (χ1v) is 8.95. The van der Waals surface area contributed by atoms with Crippen molar-refractivity contribution in [2.75, 3.05) is 5.75 Å². The van der Waals surface area contributed by atoms with Crippen molar-refractivity contribution in [1.29, 1.82) is 0 Å². The Labute approximate surface area is 139 Å². The van der Waals surface area contributed by atoms with Crippen molar-refractivity contribution in [3.63, 3.8) is 0 Å². The van der Waals surface area contributed by atoms with E-state index in [0.29, 0.717) is 16.5 Å². The number of nitrogens with one attached hydrogen (secondary N) is 1. The number of carbonyl (C=O) groups excluding carboxylic acids is 1. The molecule has 3 rings (SSSR count). The summed E-state index contributed by atoms with van der Waals surface area (Å²) in [6, 6.07) is 8.80. The number of fused-ring (bicyclic) bond motifs is 1. The molecule has 0 bridgehead atoms. The minimum absolute atomic E-state index is 0.212. The summed E-state index contributed by atoms with van der Waals surface area (Å²) in [7, 11) is -3.69. The van der Waals surface area contributed by atoms with Crippen LogP contribution in [0.25, 0.3) is 10.9 Å². The van der Waals surface area contributed by atoms with Crippen LogP contribution in [-0.2, 0) is 25.2 Å². The average Bonchev–Trinajstić information content (AvgIpc) is 2.79. The molecule has 0 saturated carbocycles. The lowest BCUT2D eigenvalue weighted by Gasteiger charge is -2.24. The summed E-state index contributed by atoms with van der Waals surface area (Å²) < 4.78 is 31.1. The number of hydrogen-bond acceptors (Lipinski definition) is 6. The van der Waals surface area contributed by atoms with Gasteiger partial charge in [0.2, 0.25) is 21.7 Å². The van der Waals surface area contributed by atoms with Crippen molar-refractivity contribution in [2.45, 2.75) is 19.4 Å². The van der Waals surface area contributed by atoms with Crippen molar-refractivity contribution >= 4 is 26.7 Å². The van der Waals surface area contributed by atoms with Crippen molar-refractivity contribution in [1.82, 2.24) is 9.71 Å². The second-order valence-electron chi connectivity index (χ2n) is 5.52. The van der Waals surface area contributed by atoms with E-state index in [0.717, 1.165) is 0 Å². The van der Waals surface area contributed by atoms with Crippen LogP contribution in [-0.4, -0.2) is 30.0 Å². The number of carbonyl (C=O) groups is 1. The molecule has 1 unspecified atom stereocenters. The summed E-state index contributed by atoms with van der Waals surface area (Å²) in [5.41, 5.74) is -0.386. The number of aliphatic hydroxyl groups excluding tert-OH is 1. The molecular formula is C16H16N2O5S. The van der Waals surface area contributed by atoms with Gasteiger partial charge in [0.15, 0.2) is 5.60 Å². The zero-order valence-corrected chi connectivity index (χ0v) is 13.9. The average molecular weight is 348 g/mol. The molecule has 0 amide bonds. The first-order chi connectivity index (χ1) is 11.3. The van der Waals surface area contributed by atoms with Gasteiger partial charge in [0.25, 0.3) is 5.78 Å². The van der Waals surface area contributed by atoms with Crippen LogP contribution < -0.4 is 4.72 Å². The SMILES string of the molecule is CCS(=O)(=O)NC1=C(O)C(=O)C(C)(c2ccnc3ccccc23)O1. The maximum atomic E-state index is 12.6. The number of pyridine rings is 1. The first-order valence-electron chi connectivity index (χ1n) is 7.30. The maximum Gasteiger partial charge on any atom is 0.250 e. The van der Waals surface area contributed by atoms with Gasteiger partial charge in [-0.1, -0.05) is 18.2 Å². The molecule has 7 nitrogen and oxygen atoms in total. The minimum atomic E-state index is -3.69. The molecule has 0 saturated heterocycles. The number of ether oxygens (including phenoxy) is 1. The number of sulfonamides is 1. The molecule has 24 heavy (non-hydrogen) atoms. The lowest BCUT2D eigenvalue weighted by atomic mass is 9.89. The third-order valence-electron chi connectivity index (χ3n) is 3.96. The number of aliphatic hydroxyl groups is 1.